The Hall–Kier alpha value is -1.64. The number of halogens is 1. The molecule has 2 fully saturated rings. The largest absolute Gasteiger partial charge is 0.351 e. The Morgan fingerprint density at radius 3 is 2.52 bits per heavy atom. The number of amides is 2. The number of hydrogen-bond donors (Lipinski definition) is 1. The molecule has 3 rings (SSSR count). The maximum atomic E-state index is 13.4. The van der Waals surface area contributed by atoms with Gasteiger partial charge in [-0.25, -0.2) is 8.42 Å². The summed E-state index contributed by atoms with van der Waals surface area (Å²) in [5.41, 5.74) is -0.0742. The Balaban J connectivity index is 2.02. The number of anilines is 1. The van der Waals surface area contributed by atoms with Crippen molar-refractivity contribution in [1.29, 1.82) is 0 Å². The van der Waals surface area contributed by atoms with Gasteiger partial charge in [0.1, 0.15) is 5.54 Å². The Morgan fingerprint density at radius 2 is 1.90 bits per heavy atom. The number of piperazine rings is 1. The van der Waals surface area contributed by atoms with Crippen molar-refractivity contribution in [2.45, 2.75) is 57.5 Å². The average molecular weight is 442 g/mol. The number of carbonyl (C=O) groups is 2. The molecule has 0 bridgehead atoms. The number of carbonyl (C=O) groups excluding carboxylic acids is 2. The average Bonchev–Trinajstić information content (AvgIpc) is 2.64. The third kappa shape index (κ3) is 4.59. The van der Waals surface area contributed by atoms with Gasteiger partial charge in [-0.05, 0) is 44.4 Å². The van der Waals surface area contributed by atoms with Crippen LogP contribution in [0.1, 0.15) is 44.6 Å². The first-order valence-electron chi connectivity index (χ1n) is 9.87. The highest BCUT2D eigenvalue weighted by Crippen LogP contribution is 2.34. The Labute approximate surface area is 177 Å². The van der Waals surface area contributed by atoms with Crippen molar-refractivity contribution >= 4 is 39.1 Å². The van der Waals surface area contributed by atoms with Gasteiger partial charge in [0.05, 0.1) is 12.8 Å². The Bertz CT molecular complexity index is 914. The van der Waals surface area contributed by atoms with Crippen LogP contribution < -0.4 is 10.2 Å². The molecule has 0 aromatic heterocycles. The van der Waals surface area contributed by atoms with Crippen LogP contribution in [0, 0.1) is 6.92 Å². The van der Waals surface area contributed by atoms with Gasteiger partial charge in [0.15, 0.2) is 0 Å². The molecular formula is C20H28ClN3O4S. The summed E-state index contributed by atoms with van der Waals surface area (Å²) >= 11 is 6.17. The monoisotopic (exact) mass is 441 g/mol. The minimum absolute atomic E-state index is 0.0408. The number of benzene rings is 1. The summed E-state index contributed by atoms with van der Waals surface area (Å²) in [5, 5.41) is 3.51. The topological polar surface area (TPSA) is 86.8 Å². The highest BCUT2D eigenvalue weighted by atomic mass is 35.5. The molecule has 1 aliphatic heterocycles. The molecule has 1 N–H and O–H groups in total. The Morgan fingerprint density at radius 1 is 1.24 bits per heavy atom. The highest BCUT2D eigenvalue weighted by molar-refractivity contribution is 7.88. The second kappa shape index (κ2) is 8.24. The van der Waals surface area contributed by atoms with E-state index in [0.29, 0.717) is 10.7 Å². The van der Waals surface area contributed by atoms with Crippen molar-refractivity contribution in [1.82, 2.24) is 9.62 Å². The minimum Gasteiger partial charge on any atom is -0.351 e. The molecule has 29 heavy (non-hydrogen) atoms. The lowest BCUT2D eigenvalue weighted by Gasteiger charge is -2.47. The smallest absolute Gasteiger partial charge is 0.247 e. The summed E-state index contributed by atoms with van der Waals surface area (Å²) in [6, 6.07) is 5.20. The zero-order valence-electron chi connectivity index (χ0n) is 17.1. The van der Waals surface area contributed by atoms with Crippen molar-refractivity contribution in [3.8, 4) is 0 Å². The first-order valence-corrected chi connectivity index (χ1v) is 12.1. The van der Waals surface area contributed by atoms with Crippen LogP contribution in [0.5, 0.6) is 0 Å². The third-order valence-electron chi connectivity index (χ3n) is 5.85. The lowest BCUT2D eigenvalue weighted by molar-refractivity contribution is -0.133. The van der Waals surface area contributed by atoms with E-state index in [0.717, 1.165) is 48.2 Å². The van der Waals surface area contributed by atoms with Crippen molar-refractivity contribution in [3.63, 3.8) is 0 Å². The molecule has 9 heteroatoms. The molecule has 160 valence electrons. The van der Waals surface area contributed by atoms with Crippen molar-refractivity contribution < 1.29 is 18.0 Å². The van der Waals surface area contributed by atoms with E-state index in [9.17, 15) is 18.0 Å². The molecule has 1 aromatic rings. The van der Waals surface area contributed by atoms with E-state index < -0.39 is 21.5 Å². The summed E-state index contributed by atoms with van der Waals surface area (Å²) in [7, 11) is -3.64. The highest BCUT2D eigenvalue weighted by Gasteiger charge is 2.51. The molecule has 2 aliphatic rings. The second-order valence-corrected chi connectivity index (χ2v) is 10.7. The van der Waals surface area contributed by atoms with Crippen molar-refractivity contribution in [2.75, 3.05) is 24.2 Å². The summed E-state index contributed by atoms with van der Waals surface area (Å²) in [6.45, 7) is 3.04. The van der Waals surface area contributed by atoms with E-state index in [4.69, 9.17) is 11.6 Å². The minimum atomic E-state index is -3.64. The molecule has 0 spiro atoms. The van der Waals surface area contributed by atoms with Gasteiger partial charge in [-0.2, -0.15) is 4.31 Å². The van der Waals surface area contributed by atoms with Gasteiger partial charge in [-0.15, -0.1) is 0 Å². The maximum absolute atomic E-state index is 13.4. The molecule has 0 radical (unpaired) electrons. The quantitative estimate of drug-likeness (QED) is 0.777. The molecule has 1 aliphatic carbocycles. The lowest BCUT2D eigenvalue weighted by Crippen LogP contribution is -2.70. The molecule has 1 heterocycles. The molecule has 1 saturated heterocycles. The van der Waals surface area contributed by atoms with Gasteiger partial charge in [-0.3, -0.25) is 14.5 Å². The molecule has 1 saturated carbocycles. The van der Waals surface area contributed by atoms with Crippen LogP contribution in [-0.2, 0) is 19.6 Å². The summed E-state index contributed by atoms with van der Waals surface area (Å²) in [6.07, 6.45) is 6.09. The van der Waals surface area contributed by atoms with Gasteiger partial charge in [0.2, 0.25) is 21.8 Å². The van der Waals surface area contributed by atoms with E-state index in [1.54, 1.807) is 25.1 Å². The lowest BCUT2D eigenvalue weighted by atomic mass is 9.91. The zero-order chi connectivity index (χ0) is 21.4. The van der Waals surface area contributed by atoms with Gasteiger partial charge in [0.25, 0.3) is 0 Å². The number of rotatable bonds is 4. The molecule has 7 nitrogen and oxygen atoms in total. The van der Waals surface area contributed by atoms with E-state index in [2.05, 4.69) is 5.32 Å². The summed E-state index contributed by atoms with van der Waals surface area (Å²) in [4.78, 5) is 28.0. The maximum Gasteiger partial charge on any atom is 0.247 e. The van der Waals surface area contributed by atoms with Gasteiger partial charge < -0.3 is 5.32 Å². The molecule has 1 unspecified atom stereocenters. The second-order valence-electron chi connectivity index (χ2n) is 8.27. The van der Waals surface area contributed by atoms with Gasteiger partial charge >= 0.3 is 0 Å². The van der Waals surface area contributed by atoms with Crippen molar-refractivity contribution in [3.05, 3.63) is 28.8 Å². The Kier molecular flexibility index (Phi) is 6.27. The normalized spacial score (nSPS) is 24.6. The number of hydrogen-bond acceptors (Lipinski definition) is 4. The number of sulfonamides is 1. The third-order valence-corrected chi connectivity index (χ3v) is 7.28. The molecule has 1 aromatic carbocycles. The zero-order valence-corrected chi connectivity index (χ0v) is 18.6. The number of aryl methyl sites for hydroxylation is 1. The van der Waals surface area contributed by atoms with Crippen molar-refractivity contribution in [2.24, 2.45) is 0 Å². The fourth-order valence-electron chi connectivity index (χ4n) is 4.19. The van der Waals surface area contributed by atoms with Crippen LogP contribution in [0.25, 0.3) is 0 Å². The molecular weight excluding hydrogens is 414 g/mol. The molecule has 1 atom stereocenters. The number of nitrogens with zero attached hydrogens (tertiary/aromatic N) is 2. The van der Waals surface area contributed by atoms with Crippen LogP contribution in [0.15, 0.2) is 18.2 Å². The van der Waals surface area contributed by atoms with Crippen LogP contribution in [-0.4, -0.2) is 55.5 Å². The van der Waals surface area contributed by atoms with E-state index in [1.165, 1.54) is 4.90 Å². The first kappa shape index (κ1) is 22.1. The summed E-state index contributed by atoms with van der Waals surface area (Å²) in [5.74, 6) is -0.793. The van der Waals surface area contributed by atoms with Crippen LogP contribution in [0.3, 0.4) is 0 Å². The van der Waals surface area contributed by atoms with Gasteiger partial charge in [0, 0.05) is 23.3 Å². The predicted molar refractivity (Wildman–Crippen MR) is 114 cm³/mol. The van der Waals surface area contributed by atoms with E-state index in [1.807, 2.05) is 6.92 Å². The van der Waals surface area contributed by atoms with E-state index in [-0.39, 0.29) is 25.0 Å². The molecule has 2 amide bonds. The van der Waals surface area contributed by atoms with Crippen LogP contribution in [0.4, 0.5) is 5.69 Å². The fourth-order valence-corrected chi connectivity index (χ4v) is 5.18. The SMILES string of the molecule is Cc1ccc(Cl)cc1N1C(=O)CN(S(C)(=O)=O)CC1(C)C(=O)NC1CCCCC1. The predicted octanol–water partition coefficient (Wildman–Crippen LogP) is 2.46. The standard InChI is InChI=1S/C20H28ClN3O4S/c1-14-9-10-15(21)11-17(14)24-18(25)12-23(29(3,27)28)13-20(24,2)19(26)22-16-7-5-4-6-8-16/h9-11,16H,4-8,12-13H2,1-3H3,(H,22,26). The summed E-state index contributed by atoms with van der Waals surface area (Å²) < 4.78 is 25.5. The number of nitrogens with one attached hydrogen (secondary N) is 1. The van der Waals surface area contributed by atoms with Crippen LogP contribution in [0.2, 0.25) is 5.02 Å². The van der Waals surface area contributed by atoms with Gasteiger partial charge in [-0.1, -0.05) is 36.9 Å². The fraction of sp³-hybridized carbons (Fsp3) is 0.600. The first-order chi connectivity index (χ1) is 13.5. The van der Waals surface area contributed by atoms with E-state index >= 15 is 0 Å². The van der Waals surface area contributed by atoms with Crippen LogP contribution >= 0.6 is 11.6 Å².